The summed E-state index contributed by atoms with van der Waals surface area (Å²) in [6, 6.07) is 0. The summed E-state index contributed by atoms with van der Waals surface area (Å²) in [4.78, 5) is 24.4. The van der Waals surface area contributed by atoms with Crippen LogP contribution >= 0.6 is 0 Å². The molecule has 1 heterocycles. The van der Waals surface area contributed by atoms with Crippen molar-refractivity contribution < 1.29 is 14.3 Å². The van der Waals surface area contributed by atoms with E-state index in [0.29, 0.717) is 0 Å². The molecule has 18 heavy (non-hydrogen) atoms. The highest BCUT2D eigenvalue weighted by Gasteiger charge is 2.52. The second-order valence-electron chi connectivity index (χ2n) is 6.60. The van der Waals surface area contributed by atoms with Crippen LogP contribution in [0.4, 0.5) is 4.79 Å². The largest absolute Gasteiger partial charge is 0.444 e. The molecule has 1 spiro atoms. The Kier molecular flexibility index (Phi) is 2.99. The molecule has 0 aromatic carbocycles. The number of hydrogen-bond donors (Lipinski definition) is 0. The van der Waals surface area contributed by atoms with Crippen molar-refractivity contribution >= 4 is 11.9 Å². The molecular formula is C14H21NO3. The van der Waals surface area contributed by atoms with Crippen molar-refractivity contribution in [2.45, 2.75) is 46.1 Å². The van der Waals surface area contributed by atoms with E-state index < -0.39 is 5.60 Å². The molecular weight excluding hydrogens is 230 g/mol. The number of ketones is 1. The molecule has 0 radical (unpaired) electrons. The van der Waals surface area contributed by atoms with Gasteiger partial charge in [-0.15, -0.1) is 0 Å². The summed E-state index contributed by atoms with van der Waals surface area (Å²) < 4.78 is 5.31. The summed E-state index contributed by atoms with van der Waals surface area (Å²) in [5.41, 5.74) is 1.02. The summed E-state index contributed by atoms with van der Waals surface area (Å²) in [6.07, 6.45) is 3.40. The Morgan fingerprint density at radius 2 is 1.83 bits per heavy atom. The van der Waals surface area contributed by atoms with Crippen LogP contribution in [-0.4, -0.2) is 35.5 Å². The predicted octanol–water partition coefficient (Wildman–Crippen LogP) is 2.53. The van der Waals surface area contributed by atoms with E-state index in [9.17, 15) is 9.59 Å². The van der Waals surface area contributed by atoms with Gasteiger partial charge in [-0.05, 0) is 46.6 Å². The number of rotatable bonds is 1. The third-order valence-corrected chi connectivity index (χ3v) is 3.32. The molecule has 100 valence electrons. The maximum Gasteiger partial charge on any atom is 0.410 e. The molecule has 4 nitrogen and oxygen atoms in total. The van der Waals surface area contributed by atoms with Gasteiger partial charge < -0.3 is 9.64 Å². The number of allylic oxidation sites excluding steroid dienone is 2. The van der Waals surface area contributed by atoms with Crippen LogP contribution in [0.3, 0.4) is 0 Å². The maximum absolute atomic E-state index is 11.8. The molecule has 2 fully saturated rings. The molecule has 0 unspecified atom stereocenters. The van der Waals surface area contributed by atoms with Gasteiger partial charge in [-0.2, -0.15) is 0 Å². The molecule has 0 atom stereocenters. The topological polar surface area (TPSA) is 46.6 Å². The van der Waals surface area contributed by atoms with Gasteiger partial charge in [-0.3, -0.25) is 4.79 Å². The third-order valence-electron chi connectivity index (χ3n) is 3.32. The van der Waals surface area contributed by atoms with Crippen LogP contribution in [0.2, 0.25) is 0 Å². The highest BCUT2D eigenvalue weighted by molar-refractivity contribution is 5.88. The number of amides is 1. The fourth-order valence-electron chi connectivity index (χ4n) is 2.74. The number of hydrogen-bond acceptors (Lipinski definition) is 3. The summed E-state index contributed by atoms with van der Waals surface area (Å²) >= 11 is 0. The summed E-state index contributed by atoms with van der Waals surface area (Å²) in [5.74, 6) is 0.114. The SMILES string of the molecule is CC(=O)C=C1CC2(C1)CN(C(=O)OC(C)(C)C)C2. The highest BCUT2D eigenvalue weighted by Crippen LogP contribution is 2.51. The van der Waals surface area contributed by atoms with Crippen molar-refractivity contribution in [1.29, 1.82) is 0 Å². The first-order chi connectivity index (χ1) is 8.19. The van der Waals surface area contributed by atoms with E-state index in [2.05, 4.69) is 0 Å². The van der Waals surface area contributed by atoms with E-state index in [1.807, 2.05) is 20.8 Å². The highest BCUT2D eigenvalue weighted by atomic mass is 16.6. The van der Waals surface area contributed by atoms with E-state index in [4.69, 9.17) is 4.74 Å². The lowest BCUT2D eigenvalue weighted by molar-refractivity contribution is -0.112. The van der Waals surface area contributed by atoms with Gasteiger partial charge in [-0.1, -0.05) is 5.57 Å². The van der Waals surface area contributed by atoms with Gasteiger partial charge in [-0.25, -0.2) is 4.79 Å². The van der Waals surface area contributed by atoms with Gasteiger partial charge >= 0.3 is 6.09 Å². The molecule has 0 aromatic heterocycles. The van der Waals surface area contributed by atoms with Crippen LogP contribution < -0.4 is 0 Å². The first kappa shape index (κ1) is 13.1. The molecule has 1 saturated heterocycles. The minimum atomic E-state index is -0.431. The Balaban J connectivity index is 1.79. The van der Waals surface area contributed by atoms with Crippen LogP contribution in [0.1, 0.15) is 40.5 Å². The van der Waals surface area contributed by atoms with Crippen molar-refractivity contribution in [3.63, 3.8) is 0 Å². The van der Waals surface area contributed by atoms with Gasteiger partial charge in [0.05, 0.1) is 0 Å². The lowest BCUT2D eigenvalue weighted by Crippen LogP contribution is -2.62. The molecule has 1 aliphatic carbocycles. The Labute approximate surface area is 108 Å². The first-order valence-corrected chi connectivity index (χ1v) is 6.37. The number of likely N-dealkylation sites (tertiary alicyclic amines) is 1. The summed E-state index contributed by atoms with van der Waals surface area (Å²) in [5, 5.41) is 0. The van der Waals surface area contributed by atoms with Crippen LogP contribution in [-0.2, 0) is 9.53 Å². The molecule has 1 saturated carbocycles. The number of ether oxygens (including phenoxy) is 1. The monoisotopic (exact) mass is 251 g/mol. The standard InChI is InChI=1S/C14H21NO3/c1-10(16)5-11-6-14(7-11)8-15(9-14)12(17)18-13(2,3)4/h5H,6-9H2,1-4H3. The third kappa shape index (κ3) is 2.74. The molecule has 2 aliphatic rings. The van der Waals surface area contributed by atoms with E-state index in [1.54, 1.807) is 17.9 Å². The van der Waals surface area contributed by atoms with Gasteiger partial charge in [0.1, 0.15) is 5.60 Å². The maximum atomic E-state index is 11.8. The lowest BCUT2D eigenvalue weighted by atomic mass is 9.60. The van der Waals surface area contributed by atoms with Crippen molar-refractivity contribution in [1.82, 2.24) is 4.90 Å². The van der Waals surface area contributed by atoms with E-state index in [1.165, 1.54) is 5.57 Å². The second kappa shape index (κ2) is 4.11. The van der Waals surface area contributed by atoms with Gasteiger partial charge in [0, 0.05) is 18.5 Å². The molecule has 1 aliphatic heterocycles. The van der Waals surface area contributed by atoms with Crippen LogP contribution in [0.15, 0.2) is 11.6 Å². The second-order valence-corrected chi connectivity index (χ2v) is 6.60. The molecule has 1 amide bonds. The minimum Gasteiger partial charge on any atom is -0.444 e. The Bertz CT molecular complexity index is 401. The number of carbonyl (C=O) groups excluding carboxylic acids is 2. The fourth-order valence-corrected chi connectivity index (χ4v) is 2.74. The Morgan fingerprint density at radius 3 is 2.28 bits per heavy atom. The summed E-state index contributed by atoms with van der Waals surface area (Å²) in [6.45, 7) is 8.71. The molecule has 0 N–H and O–H groups in total. The predicted molar refractivity (Wildman–Crippen MR) is 68.2 cm³/mol. The van der Waals surface area contributed by atoms with E-state index in [-0.39, 0.29) is 17.3 Å². The van der Waals surface area contributed by atoms with Crippen LogP contribution in [0, 0.1) is 5.41 Å². The Morgan fingerprint density at radius 1 is 1.28 bits per heavy atom. The number of carbonyl (C=O) groups is 2. The first-order valence-electron chi connectivity index (χ1n) is 6.37. The zero-order chi connectivity index (χ0) is 13.6. The quantitative estimate of drug-likeness (QED) is 0.673. The molecule has 0 aromatic rings. The molecule has 4 heteroatoms. The smallest absolute Gasteiger partial charge is 0.410 e. The van der Waals surface area contributed by atoms with Crippen molar-refractivity contribution in [2.75, 3.05) is 13.1 Å². The number of nitrogens with zero attached hydrogens (tertiary/aromatic N) is 1. The lowest BCUT2D eigenvalue weighted by Gasteiger charge is -2.56. The van der Waals surface area contributed by atoms with Gasteiger partial charge in [0.25, 0.3) is 0 Å². The van der Waals surface area contributed by atoms with E-state index >= 15 is 0 Å². The Hall–Kier alpha value is -1.32. The van der Waals surface area contributed by atoms with Crippen LogP contribution in [0.25, 0.3) is 0 Å². The average Bonchev–Trinajstić information content (AvgIpc) is 2.02. The van der Waals surface area contributed by atoms with Crippen LogP contribution in [0.5, 0.6) is 0 Å². The zero-order valence-corrected chi connectivity index (χ0v) is 11.6. The summed E-state index contributed by atoms with van der Waals surface area (Å²) in [7, 11) is 0. The zero-order valence-electron chi connectivity index (χ0n) is 11.6. The van der Waals surface area contributed by atoms with Gasteiger partial charge in [0.15, 0.2) is 5.78 Å². The van der Waals surface area contributed by atoms with Crippen molar-refractivity contribution in [2.24, 2.45) is 5.41 Å². The van der Waals surface area contributed by atoms with E-state index in [0.717, 1.165) is 25.9 Å². The fraction of sp³-hybridized carbons (Fsp3) is 0.714. The normalized spacial score (nSPS) is 21.1. The van der Waals surface area contributed by atoms with Gasteiger partial charge in [0.2, 0.25) is 0 Å². The minimum absolute atomic E-state index is 0.114. The van der Waals surface area contributed by atoms with Crippen molar-refractivity contribution in [3.05, 3.63) is 11.6 Å². The van der Waals surface area contributed by atoms with Crippen molar-refractivity contribution in [3.8, 4) is 0 Å². The molecule has 2 rings (SSSR count). The molecule has 0 bridgehead atoms. The average molecular weight is 251 g/mol.